The number of oxime groups is 1. The quantitative estimate of drug-likeness (QED) is 0.369. The largest absolute Gasteiger partial charge is 0.511 e. The van der Waals surface area contributed by atoms with Gasteiger partial charge in [-0.2, -0.15) is 0 Å². The molecule has 0 aromatic heterocycles. The molecule has 72 valence electrons. The molecule has 0 unspecified atom stereocenters. The van der Waals surface area contributed by atoms with Crippen LogP contribution in [0.3, 0.4) is 0 Å². The first-order valence-electron chi connectivity index (χ1n) is 4.09. The minimum atomic E-state index is -0.200. The van der Waals surface area contributed by atoms with Gasteiger partial charge in [-0.15, -0.1) is 0 Å². The number of nitrogens with zero attached hydrogens (tertiary/aromatic N) is 1. The second-order valence-corrected chi connectivity index (χ2v) is 4.05. The maximum absolute atomic E-state index is 11.4. The Hall–Kier alpha value is -1.32. The van der Waals surface area contributed by atoms with Crippen molar-refractivity contribution in [3.63, 3.8) is 0 Å². The zero-order chi connectivity index (χ0) is 10.1. The first-order chi connectivity index (χ1) is 5.96. The summed E-state index contributed by atoms with van der Waals surface area (Å²) in [6, 6.07) is 0. The minimum absolute atomic E-state index is 0.0130. The normalized spacial score (nSPS) is 22.8. The Morgan fingerprint density at radius 3 is 2.54 bits per heavy atom. The van der Waals surface area contributed by atoms with Gasteiger partial charge in [0.15, 0.2) is 5.78 Å². The van der Waals surface area contributed by atoms with Gasteiger partial charge < -0.3 is 10.3 Å². The summed E-state index contributed by atoms with van der Waals surface area (Å²) in [5.74, 6) is -0.161. The van der Waals surface area contributed by atoms with Crippen LogP contribution in [0.15, 0.2) is 16.5 Å². The summed E-state index contributed by atoms with van der Waals surface area (Å²) < 4.78 is 0. The van der Waals surface area contributed by atoms with E-state index in [-0.39, 0.29) is 22.5 Å². The summed E-state index contributed by atoms with van der Waals surface area (Å²) in [7, 11) is 0. The van der Waals surface area contributed by atoms with Gasteiger partial charge in [0.05, 0.1) is 11.8 Å². The van der Waals surface area contributed by atoms with Crippen molar-refractivity contribution in [1.29, 1.82) is 0 Å². The molecule has 4 nitrogen and oxygen atoms in total. The highest BCUT2D eigenvalue weighted by Crippen LogP contribution is 2.34. The van der Waals surface area contributed by atoms with E-state index in [2.05, 4.69) is 5.16 Å². The van der Waals surface area contributed by atoms with Gasteiger partial charge in [0.1, 0.15) is 5.76 Å². The summed E-state index contributed by atoms with van der Waals surface area (Å²) >= 11 is 0. The molecule has 1 aliphatic carbocycles. The Bertz CT molecular complexity index is 289. The molecule has 4 heteroatoms. The van der Waals surface area contributed by atoms with Crippen molar-refractivity contribution in [2.24, 2.45) is 10.6 Å². The van der Waals surface area contributed by atoms with E-state index >= 15 is 0 Å². The van der Waals surface area contributed by atoms with Crippen LogP contribution in [0.4, 0.5) is 0 Å². The molecule has 0 saturated carbocycles. The van der Waals surface area contributed by atoms with Crippen LogP contribution in [0.25, 0.3) is 0 Å². The van der Waals surface area contributed by atoms with Crippen LogP contribution >= 0.6 is 0 Å². The molecule has 0 bridgehead atoms. The molecular formula is C9H13NO3. The van der Waals surface area contributed by atoms with E-state index < -0.39 is 0 Å². The minimum Gasteiger partial charge on any atom is -0.511 e. The zero-order valence-electron chi connectivity index (χ0n) is 7.74. The number of hydrogen-bond acceptors (Lipinski definition) is 4. The van der Waals surface area contributed by atoms with Gasteiger partial charge in [-0.05, 0) is 5.41 Å². The third-order valence-electron chi connectivity index (χ3n) is 2.08. The van der Waals surface area contributed by atoms with E-state index in [0.717, 1.165) is 6.21 Å². The fourth-order valence-corrected chi connectivity index (χ4v) is 1.51. The third-order valence-corrected chi connectivity index (χ3v) is 2.08. The Kier molecular flexibility index (Phi) is 2.40. The molecule has 0 spiro atoms. The second-order valence-electron chi connectivity index (χ2n) is 4.05. The van der Waals surface area contributed by atoms with Crippen molar-refractivity contribution < 1.29 is 15.1 Å². The summed E-state index contributed by atoms with van der Waals surface area (Å²) in [6.07, 6.45) is 1.81. The lowest BCUT2D eigenvalue weighted by Crippen LogP contribution is -2.26. The number of aliphatic hydroxyl groups excluding tert-OH is 1. The van der Waals surface area contributed by atoms with Crippen LogP contribution in [-0.4, -0.2) is 22.3 Å². The van der Waals surface area contributed by atoms with Gasteiger partial charge in [0.2, 0.25) is 0 Å². The highest BCUT2D eigenvalue weighted by molar-refractivity contribution is 6.14. The third kappa shape index (κ3) is 2.08. The van der Waals surface area contributed by atoms with Gasteiger partial charge in [0, 0.05) is 12.8 Å². The summed E-state index contributed by atoms with van der Waals surface area (Å²) in [5, 5.41) is 20.5. The van der Waals surface area contributed by atoms with E-state index in [9.17, 15) is 9.90 Å². The fourth-order valence-electron chi connectivity index (χ4n) is 1.51. The van der Waals surface area contributed by atoms with E-state index in [4.69, 9.17) is 5.21 Å². The molecule has 0 fully saturated rings. The second kappa shape index (κ2) is 3.20. The number of carbonyl (C=O) groups excluding carboxylic acids is 1. The topological polar surface area (TPSA) is 69.9 Å². The van der Waals surface area contributed by atoms with Crippen molar-refractivity contribution >= 4 is 12.0 Å². The zero-order valence-corrected chi connectivity index (χ0v) is 7.74. The van der Waals surface area contributed by atoms with Gasteiger partial charge in [-0.25, -0.2) is 0 Å². The smallest absolute Gasteiger partial charge is 0.168 e. The van der Waals surface area contributed by atoms with Crippen LogP contribution in [-0.2, 0) is 4.79 Å². The number of aliphatic hydroxyl groups is 1. The number of ketones is 1. The summed E-state index contributed by atoms with van der Waals surface area (Å²) in [4.78, 5) is 11.4. The average Bonchev–Trinajstić information content (AvgIpc) is 1.94. The van der Waals surface area contributed by atoms with Crippen molar-refractivity contribution in [1.82, 2.24) is 0 Å². The maximum atomic E-state index is 11.4. The molecule has 0 radical (unpaired) electrons. The van der Waals surface area contributed by atoms with Gasteiger partial charge in [-0.3, -0.25) is 4.79 Å². The molecule has 0 atom stereocenters. The molecule has 0 aromatic carbocycles. The van der Waals surface area contributed by atoms with Crippen molar-refractivity contribution in [3.8, 4) is 0 Å². The average molecular weight is 183 g/mol. The van der Waals surface area contributed by atoms with E-state index in [0.29, 0.717) is 12.8 Å². The highest BCUT2D eigenvalue weighted by Gasteiger charge is 2.32. The fraction of sp³-hybridized carbons (Fsp3) is 0.556. The van der Waals surface area contributed by atoms with Crippen LogP contribution in [0.1, 0.15) is 26.7 Å². The first-order valence-corrected chi connectivity index (χ1v) is 4.09. The monoisotopic (exact) mass is 183 g/mol. The predicted molar refractivity (Wildman–Crippen MR) is 48.0 cm³/mol. The Morgan fingerprint density at radius 2 is 2.08 bits per heavy atom. The van der Waals surface area contributed by atoms with E-state index in [1.165, 1.54) is 0 Å². The number of Topliss-reactive ketones (excluding diaryl/α,β-unsaturated/α-hetero) is 1. The lowest BCUT2D eigenvalue weighted by molar-refractivity contribution is -0.117. The molecule has 2 N–H and O–H groups in total. The van der Waals surface area contributed by atoms with Gasteiger partial charge in [-0.1, -0.05) is 19.0 Å². The molecular weight excluding hydrogens is 170 g/mol. The number of carbonyl (C=O) groups is 1. The standard InChI is InChI=1S/C9H13NO3/c1-9(2)3-7(11)6(5-10-13)8(12)4-9/h5,11,13H,3-4H2,1-2H3. The number of hydrogen-bond donors (Lipinski definition) is 2. The first kappa shape index (κ1) is 9.77. The van der Waals surface area contributed by atoms with Crippen molar-refractivity contribution in [3.05, 3.63) is 11.3 Å². The lowest BCUT2D eigenvalue weighted by atomic mass is 9.77. The van der Waals surface area contributed by atoms with Crippen LogP contribution in [0, 0.1) is 5.41 Å². The Morgan fingerprint density at radius 1 is 1.46 bits per heavy atom. The molecule has 0 amide bonds. The highest BCUT2D eigenvalue weighted by atomic mass is 16.4. The summed E-state index contributed by atoms with van der Waals surface area (Å²) in [6.45, 7) is 3.82. The molecule has 0 aromatic rings. The molecule has 0 saturated heterocycles. The lowest BCUT2D eigenvalue weighted by Gasteiger charge is -2.28. The SMILES string of the molecule is CC1(C)CC(=O)C(C=NO)=C(O)C1. The Balaban J connectivity index is 3.01. The summed E-state index contributed by atoms with van der Waals surface area (Å²) in [5.41, 5.74) is -0.0737. The molecule has 13 heavy (non-hydrogen) atoms. The van der Waals surface area contributed by atoms with Crippen LogP contribution < -0.4 is 0 Å². The molecule has 1 aliphatic rings. The van der Waals surface area contributed by atoms with E-state index in [1.807, 2.05) is 13.8 Å². The van der Waals surface area contributed by atoms with Crippen molar-refractivity contribution in [2.45, 2.75) is 26.7 Å². The van der Waals surface area contributed by atoms with Crippen LogP contribution in [0.2, 0.25) is 0 Å². The Labute approximate surface area is 76.6 Å². The van der Waals surface area contributed by atoms with Gasteiger partial charge >= 0.3 is 0 Å². The van der Waals surface area contributed by atoms with E-state index in [1.54, 1.807) is 0 Å². The maximum Gasteiger partial charge on any atom is 0.168 e. The number of rotatable bonds is 1. The van der Waals surface area contributed by atoms with Crippen molar-refractivity contribution in [2.75, 3.05) is 0 Å². The van der Waals surface area contributed by atoms with Crippen LogP contribution in [0.5, 0.6) is 0 Å². The molecule has 0 aliphatic heterocycles. The molecule has 0 heterocycles. The molecule has 1 rings (SSSR count). The van der Waals surface area contributed by atoms with Gasteiger partial charge in [0.25, 0.3) is 0 Å². The predicted octanol–water partition coefficient (Wildman–Crippen LogP) is 1.65. The number of allylic oxidation sites excluding steroid dienone is 2.